The lowest BCUT2D eigenvalue weighted by molar-refractivity contribution is 0.529. The zero-order chi connectivity index (χ0) is 31.2. The van der Waals surface area contributed by atoms with E-state index >= 15 is 0 Å². The van der Waals surface area contributed by atoms with Crippen LogP contribution in [-0.2, 0) is 4.12 Å². The monoisotopic (exact) mass is 625 g/mol. The number of hydrogen-bond donors (Lipinski definition) is 0. The van der Waals surface area contributed by atoms with Gasteiger partial charge in [0.2, 0.25) is 0 Å². The van der Waals surface area contributed by atoms with Gasteiger partial charge in [0.15, 0.2) is 8.32 Å². The van der Waals surface area contributed by atoms with E-state index < -0.39 is 8.32 Å². The highest BCUT2D eigenvalue weighted by Crippen LogP contribution is 2.18. The maximum atomic E-state index is 6.03. The lowest BCUT2D eigenvalue weighted by Crippen LogP contribution is -2.30. The van der Waals surface area contributed by atoms with Gasteiger partial charge in [0, 0.05) is 0 Å². The minimum Gasteiger partial charge on any atom is -0.461 e. The first-order chi connectivity index (χ1) is 20.5. The molecule has 0 spiro atoms. The molecule has 1 nitrogen and oxygen atoms in total. The second-order valence-electron chi connectivity index (χ2n) is 13.9. The van der Waals surface area contributed by atoms with E-state index in [1.54, 1.807) is 0 Å². The van der Waals surface area contributed by atoms with Crippen molar-refractivity contribution in [2.45, 2.75) is 239 Å². The van der Waals surface area contributed by atoms with Crippen molar-refractivity contribution in [1.82, 2.24) is 0 Å². The van der Waals surface area contributed by atoms with E-state index in [1.165, 1.54) is 205 Å². The third-order valence-corrected chi connectivity index (χ3v) is 14.8. The van der Waals surface area contributed by atoms with E-state index in [1.807, 2.05) is 6.08 Å². The SMILES string of the molecule is C=CCCCCCCCCCCCCCCCC.CCCCCCCCCCCCCCCCCC[Si](C)(C)O[SiH2]C. The van der Waals surface area contributed by atoms with Gasteiger partial charge in [-0.3, -0.25) is 0 Å². The van der Waals surface area contributed by atoms with Gasteiger partial charge in [-0.2, -0.15) is 0 Å². The normalized spacial score (nSPS) is 11.7. The first-order valence-corrected chi connectivity index (χ1v) is 24.9. The molecule has 0 N–H and O–H groups in total. The van der Waals surface area contributed by atoms with Crippen molar-refractivity contribution in [3.63, 3.8) is 0 Å². The lowest BCUT2D eigenvalue weighted by Gasteiger charge is -2.22. The molecule has 0 saturated carbocycles. The molecule has 0 amide bonds. The molecule has 0 saturated heterocycles. The molecule has 3 heteroatoms. The van der Waals surface area contributed by atoms with Gasteiger partial charge in [0.05, 0.1) is 0 Å². The number of allylic oxidation sites excluding steroid dienone is 1. The fraction of sp³-hybridized carbons (Fsp3) is 0.949. The van der Waals surface area contributed by atoms with E-state index in [0.29, 0.717) is 0 Å². The van der Waals surface area contributed by atoms with Gasteiger partial charge in [-0.25, -0.2) is 0 Å². The summed E-state index contributed by atoms with van der Waals surface area (Å²) in [6, 6.07) is 1.38. The summed E-state index contributed by atoms with van der Waals surface area (Å²) >= 11 is 0. The molecule has 0 aliphatic carbocycles. The first kappa shape index (κ1) is 44.3. The van der Waals surface area contributed by atoms with Crippen molar-refractivity contribution in [2.24, 2.45) is 0 Å². The summed E-state index contributed by atoms with van der Waals surface area (Å²) in [6.07, 6.45) is 46.8. The Labute approximate surface area is 272 Å². The second-order valence-corrected chi connectivity index (χ2v) is 19.7. The Morgan fingerprint density at radius 2 is 0.714 bits per heavy atom. The quantitative estimate of drug-likeness (QED) is 0.0393. The first-order valence-electron chi connectivity index (χ1n) is 19.8. The average molecular weight is 625 g/mol. The molecule has 0 rings (SSSR count). The minimum atomic E-state index is -1.25. The summed E-state index contributed by atoms with van der Waals surface area (Å²) in [6.45, 7) is 15.4. The molecule has 0 atom stereocenters. The van der Waals surface area contributed by atoms with E-state index in [9.17, 15) is 0 Å². The summed E-state index contributed by atoms with van der Waals surface area (Å²) in [4.78, 5) is 0. The van der Waals surface area contributed by atoms with Gasteiger partial charge < -0.3 is 4.12 Å². The summed E-state index contributed by atoms with van der Waals surface area (Å²) in [7, 11) is -1.44. The van der Waals surface area contributed by atoms with E-state index in [4.69, 9.17) is 4.12 Å². The largest absolute Gasteiger partial charge is 0.461 e. The van der Waals surface area contributed by atoms with Crippen LogP contribution in [0.2, 0.25) is 25.7 Å². The van der Waals surface area contributed by atoms with Gasteiger partial charge in [-0.05, 0) is 32.0 Å². The van der Waals surface area contributed by atoms with E-state index in [2.05, 4.69) is 40.1 Å². The van der Waals surface area contributed by atoms with E-state index in [-0.39, 0.29) is 9.76 Å². The van der Waals surface area contributed by atoms with Crippen LogP contribution in [0.4, 0.5) is 0 Å². The fourth-order valence-electron chi connectivity index (χ4n) is 6.04. The predicted molar refractivity (Wildman–Crippen MR) is 202 cm³/mol. The summed E-state index contributed by atoms with van der Waals surface area (Å²) in [5, 5.41) is 0. The third-order valence-electron chi connectivity index (χ3n) is 8.93. The van der Waals surface area contributed by atoms with Crippen LogP contribution in [0, 0.1) is 0 Å². The lowest BCUT2D eigenvalue weighted by atomic mass is 10.0. The van der Waals surface area contributed by atoms with Crippen LogP contribution in [0.25, 0.3) is 0 Å². The highest BCUT2D eigenvalue weighted by atomic mass is 28.4. The molecule has 254 valence electrons. The Kier molecular flexibility index (Phi) is 41.3. The molecule has 0 aromatic heterocycles. The minimum absolute atomic E-state index is 0.195. The molecule has 0 radical (unpaired) electrons. The van der Waals surface area contributed by atoms with Gasteiger partial charge >= 0.3 is 0 Å². The van der Waals surface area contributed by atoms with Gasteiger partial charge in [0.25, 0.3) is 0 Å². The van der Waals surface area contributed by atoms with Crippen molar-refractivity contribution in [2.75, 3.05) is 0 Å². The Hall–Kier alpha value is 0.134. The zero-order valence-electron chi connectivity index (χ0n) is 30.5. The van der Waals surface area contributed by atoms with Crippen LogP contribution < -0.4 is 0 Å². The Balaban J connectivity index is 0. The smallest absolute Gasteiger partial charge is 0.172 e. The van der Waals surface area contributed by atoms with Crippen LogP contribution in [0.3, 0.4) is 0 Å². The molecule has 0 fully saturated rings. The fourth-order valence-corrected chi connectivity index (χ4v) is 10.8. The highest BCUT2D eigenvalue weighted by molar-refractivity contribution is 6.74. The standard InChI is InChI=1S/C21H48OSi2.C18H36/c1-5-6-7-8-9-10-11-12-13-14-15-16-17-18-19-20-21-24(3,4)22-23-2;1-3-5-7-9-11-13-15-17-18-16-14-12-10-8-6-4-2/h5-21,23H2,1-4H3;3H,1,4-18H2,2H3. The Morgan fingerprint density at radius 1 is 0.452 bits per heavy atom. The van der Waals surface area contributed by atoms with Gasteiger partial charge in [0.1, 0.15) is 9.76 Å². The molecule has 42 heavy (non-hydrogen) atoms. The molecule has 0 bridgehead atoms. The van der Waals surface area contributed by atoms with Gasteiger partial charge in [-0.1, -0.05) is 213 Å². The summed E-state index contributed by atoms with van der Waals surface area (Å²) in [5.74, 6) is 0. The Morgan fingerprint density at radius 3 is 0.976 bits per heavy atom. The van der Waals surface area contributed by atoms with Crippen molar-refractivity contribution in [3.8, 4) is 0 Å². The van der Waals surface area contributed by atoms with Gasteiger partial charge in [-0.15, -0.1) is 6.58 Å². The molecule has 0 aromatic carbocycles. The number of unbranched alkanes of at least 4 members (excludes halogenated alkanes) is 29. The second kappa shape index (κ2) is 39.2. The van der Waals surface area contributed by atoms with Crippen LogP contribution in [0.15, 0.2) is 12.7 Å². The van der Waals surface area contributed by atoms with Crippen molar-refractivity contribution < 1.29 is 4.12 Å². The maximum absolute atomic E-state index is 6.03. The van der Waals surface area contributed by atoms with Crippen LogP contribution in [0.1, 0.15) is 213 Å². The molecule has 0 heterocycles. The third kappa shape index (κ3) is 42.3. The maximum Gasteiger partial charge on any atom is 0.172 e. The van der Waals surface area contributed by atoms with Crippen LogP contribution >= 0.6 is 0 Å². The highest BCUT2D eigenvalue weighted by Gasteiger charge is 2.19. The molecule has 0 aliphatic rings. The van der Waals surface area contributed by atoms with Crippen molar-refractivity contribution in [1.29, 1.82) is 0 Å². The zero-order valence-corrected chi connectivity index (χ0v) is 32.9. The van der Waals surface area contributed by atoms with Crippen LogP contribution in [-0.4, -0.2) is 18.1 Å². The molecule has 0 unspecified atom stereocenters. The van der Waals surface area contributed by atoms with Crippen LogP contribution in [0.5, 0.6) is 0 Å². The molecule has 0 aromatic rings. The summed E-state index contributed by atoms with van der Waals surface area (Å²) < 4.78 is 6.03. The molecular weight excluding hydrogens is 541 g/mol. The predicted octanol–water partition coefficient (Wildman–Crippen LogP) is 14.6. The number of hydrogen-bond acceptors (Lipinski definition) is 1. The van der Waals surface area contributed by atoms with Crippen molar-refractivity contribution in [3.05, 3.63) is 12.7 Å². The summed E-state index contributed by atoms with van der Waals surface area (Å²) in [5.41, 5.74) is 0. The Bertz CT molecular complexity index is 479. The number of rotatable bonds is 34. The van der Waals surface area contributed by atoms with E-state index in [0.717, 1.165) is 0 Å². The van der Waals surface area contributed by atoms with Crippen molar-refractivity contribution >= 4 is 18.1 Å². The molecular formula is C39H84OSi2. The molecule has 0 aliphatic heterocycles. The average Bonchev–Trinajstić information content (AvgIpc) is 2.97. The topological polar surface area (TPSA) is 9.23 Å².